The molecule has 1 aromatic heterocycles. The highest BCUT2D eigenvalue weighted by Gasteiger charge is 2.00. The maximum Gasteiger partial charge on any atom is 0.122 e. The minimum atomic E-state index is 0.368. The smallest absolute Gasteiger partial charge is 0.122 e. The fourth-order valence-corrected chi connectivity index (χ4v) is 2.18. The van der Waals surface area contributed by atoms with E-state index < -0.39 is 0 Å². The van der Waals surface area contributed by atoms with Crippen LogP contribution in [0.5, 0.6) is 5.75 Å². The SMILES string of the molecule is N#Cc1ccc(OCc2cc(C#CCN)cs2)cc1. The van der Waals surface area contributed by atoms with Crippen LogP contribution in [0.3, 0.4) is 0 Å². The Balaban J connectivity index is 1.94. The Morgan fingerprint density at radius 1 is 1.21 bits per heavy atom. The lowest BCUT2D eigenvalue weighted by molar-refractivity contribution is 0.310. The van der Waals surface area contributed by atoms with E-state index in [1.54, 1.807) is 35.6 Å². The van der Waals surface area contributed by atoms with Gasteiger partial charge in [-0.3, -0.25) is 0 Å². The molecule has 0 fully saturated rings. The van der Waals surface area contributed by atoms with Crippen LogP contribution >= 0.6 is 11.3 Å². The van der Waals surface area contributed by atoms with Crippen molar-refractivity contribution in [3.05, 3.63) is 51.7 Å². The molecule has 0 aliphatic carbocycles. The van der Waals surface area contributed by atoms with Crippen molar-refractivity contribution in [3.63, 3.8) is 0 Å². The van der Waals surface area contributed by atoms with E-state index in [0.29, 0.717) is 18.7 Å². The fourth-order valence-electron chi connectivity index (χ4n) is 1.46. The third-order valence-corrected chi connectivity index (χ3v) is 3.26. The Hall–Kier alpha value is -2.27. The lowest BCUT2D eigenvalue weighted by atomic mass is 10.2. The molecule has 1 heterocycles. The molecular weight excluding hydrogens is 256 g/mol. The normalized spacial score (nSPS) is 9.26. The van der Waals surface area contributed by atoms with E-state index >= 15 is 0 Å². The van der Waals surface area contributed by atoms with Gasteiger partial charge in [0.05, 0.1) is 18.2 Å². The number of ether oxygens (including phenoxy) is 1. The summed E-state index contributed by atoms with van der Waals surface area (Å²) in [6.45, 7) is 0.869. The number of hydrogen-bond donors (Lipinski definition) is 1. The number of thiophene rings is 1. The number of rotatable bonds is 3. The lowest BCUT2D eigenvalue weighted by Crippen LogP contribution is -1.93. The van der Waals surface area contributed by atoms with Gasteiger partial charge in [0, 0.05) is 15.8 Å². The molecule has 0 bridgehead atoms. The molecule has 2 N–H and O–H groups in total. The molecule has 0 spiro atoms. The van der Waals surface area contributed by atoms with Crippen molar-refractivity contribution < 1.29 is 4.74 Å². The van der Waals surface area contributed by atoms with Gasteiger partial charge in [-0.15, -0.1) is 11.3 Å². The molecule has 0 aliphatic rings. The van der Waals surface area contributed by atoms with Gasteiger partial charge in [0.15, 0.2) is 0 Å². The largest absolute Gasteiger partial charge is 0.488 e. The minimum absolute atomic E-state index is 0.368. The Bertz CT molecular complexity index is 641. The molecule has 0 unspecified atom stereocenters. The molecule has 0 aliphatic heterocycles. The lowest BCUT2D eigenvalue weighted by Gasteiger charge is -2.03. The highest BCUT2D eigenvalue weighted by atomic mass is 32.1. The number of benzene rings is 1. The van der Waals surface area contributed by atoms with Crippen LogP contribution in [0.15, 0.2) is 35.7 Å². The quantitative estimate of drug-likeness (QED) is 0.870. The first-order valence-corrected chi connectivity index (χ1v) is 6.59. The summed E-state index contributed by atoms with van der Waals surface area (Å²) in [6.07, 6.45) is 0. The van der Waals surface area contributed by atoms with E-state index in [1.807, 2.05) is 11.4 Å². The summed E-state index contributed by atoms with van der Waals surface area (Å²) >= 11 is 1.61. The summed E-state index contributed by atoms with van der Waals surface area (Å²) in [6, 6.07) is 11.1. The average Bonchev–Trinajstić information content (AvgIpc) is 2.91. The Morgan fingerprint density at radius 2 is 2.00 bits per heavy atom. The molecule has 0 amide bonds. The Morgan fingerprint density at radius 3 is 2.68 bits per heavy atom. The summed E-state index contributed by atoms with van der Waals surface area (Å²) in [5.74, 6) is 6.55. The second-order valence-corrected chi connectivity index (χ2v) is 4.73. The summed E-state index contributed by atoms with van der Waals surface area (Å²) in [5.41, 5.74) is 6.92. The molecular formula is C15H12N2OS. The first-order valence-electron chi connectivity index (χ1n) is 5.71. The van der Waals surface area contributed by atoms with E-state index in [4.69, 9.17) is 15.7 Å². The van der Waals surface area contributed by atoms with Crippen LogP contribution < -0.4 is 10.5 Å². The standard InChI is InChI=1S/C15H12N2OS/c16-7-1-2-13-8-15(19-11-13)10-18-14-5-3-12(9-17)4-6-14/h3-6,8,11H,7,10,16H2. The van der Waals surface area contributed by atoms with Crippen molar-refractivity contribution in [2.24, 2.45) is 5.73 Å². The summed E-state index contributed by atoms with van der Waals surface area (Å²) < 4.78 is 5.64. The zero-order valence-electron chi connectivity index (χ0n) is 10.2. The molecule has 0 saturated carbocycles. The third-order valence-electron chi connectivity index (χ3n) is 2.35. The number of nitrogens with two attached hydrogens (primary N) is 1. The Labute approximate surface area is 116 Å². The predicted octanol–water partition coefficient (Wildman–Crippen LogP) is 2.51. The third kappa shape index (κ3) is 3.86. The second-order valence-electron chi connectivity index (χ2n) is 3.73. The first-order chi connectivity index (χ1) is 9.31. The van der Waals surface area contributed by atoms with Gasteiger partial charge in [-0.05, 0) is 30.3 Å². The second kappa shape index (κ2) is 6.61. The monoisotopic (exact) mass is 268 g/mol. The molecule has 0 atom stereocenters. The van der Waals surface area contributed by atoms with Crippen molar-refractivity contribution in [3.8, 4) is 23.7 Å². The molecule has 2 aromatic rings. The van der Waals surface area contributed by atoms with Crippen molar-refractivity contribution in [2.45, 2.75) is 6.61 Å². The van der Waals surface area contributed by atoms with Gasteiger partial charge in [-0.25, -0.2) is 0 Å². The maximum absolute atomic E-state index is 8.70. The van der Waals surface area contributed by atoms with E-state index in [1.165, 1.54) is 0 Å². The van der Waals surface area contributed by atoms with E-state index in [2.05, 4.69) is 17.9 Å². The van der Waals surface area contributed by atoms with Crippen molar-refractivity contribution in [1.29, 1.82) is 5.26 Å². The molecule has 0 radical (unpaired) electrons. The molecule has 2 rings (SSSR count). The van der Waals surface area contributed by atoms with Gasteiger partial charge < -0.3 is 10.5 Å². The van der Waals surface area contributed by atoms with Crippen molar-refractivity contribution in [2.75, 3.05) is 6.54 Å². The number of hydrogen-bond acceptors (Lipinski definition) is 4. The predicted molar refractivity (Wildman–Crippen MR) is 75.7 cm³/mol. The molecule has 1 aromatic carbocycles. The van der Waals surface area contributed by atoms with Gasteiger partial charge in [0.2, 0.25) is 0 Å². The first kappa shape index (κ1) is 13.2. The van der Waals surface area contributed by atoms with E-state index in [9.17, 15) is 0 Å². The Kier molecular flexibility index (Phi) is 4.58. The van der Waals surface area contributed by atoms with Crippen LogP contribution in [0.25, 0.3) is 0 Å². The topological polar surface area (TPSA) is 59.0 Å². The molecule has 3 nitrogen and oxygen atoms in total. The highest BCUT2D eigenvalue weighted by molar-refractivity contribution is 7.10. The van der Waals surface area contributed by atoms with E-state index in [0.717, 1.165) is 16.2 Å². The minimum Gasteiger partial charge on any atom is -0.488 e. The van der Waals surface area contributed by atoms with Gasteiger partial charge in [-0.2, -0.15) is 5.26 Å². The van der Waals surface area contributed by atoms with Crippen LogP contribution in [-0.4, -0.2) is 6.54 Å². The van der Waals surface area contributed by atoms with E-state index in [-0.39, 0.29) is 0 Å². The van der Waals surface area contributed by atoms with Crippen molar-refractivity contribution in [1.82, 2.24) is 0 Å². The maximum atomic E-state index is 8.70. The molecule has 94 valence electrons. The number of nitrogens with zero attached hydrogens (tertiary/aromatic N) is 1. The summed E-state index contributed by atoms with van der Waals surface area (Å²) in [5, 5.41) is 10.7. The molecule has 0 saturated heterocycles. The van der Waals surface area contributed by atoms with Crippen LogP contribution in [0.4, 0.5) is 0 Å². The average molecular weight is 268 g/mol. The van der Waals surface area contributed by atoms with Gasteiger partial charge in [0.25, 0.3) is 0 Å². The summed E-state index contributed by atoms with van der Waals surface area (Å²) in [7, 11) is 0. The summed E-state index contributed by atoms with van der Waals surface area (Å²) in [4.78, 5) is 1.10. The van der Waals surface area contributed by atoms with Crippen LogP contribution in [0.2, 0.25) is 0 Å². The van der Waals surface area contributed by atoms with Gasteiger partial charge in [0.1, 0.15) is 12.4 Å². The van der Waals surface area contributed by atoms with Crippen molar-refractivity contribution >= 4 is 11.3 Å². The van der Waals surface area contributed by atoms with Gasteiger partial charge in [-0.1, -0.05) is 11.8 Å². The number of nitriles is 1. The molecule has 4 heteroatoms. The zero-order valence-corrected chi connectivity index (χ0v) is 11.0. The molecule has 19 heavy (non-hydrogen) atoms. The van der Waals surface area contributed by atoms with Crippen LogP contribution in [-0.2, 0) is 6.61 Å². The zero-order chi connectivity index (χ0) is 13.5. The van der Waals surface area contributed by atoms with Crippen LogP contribution in [0.1, 0.15) is 16.0 Å². The van der Waals surface area contributed by atoms with Gasteiger partial charge >= 0.3 is 0 Å². The fraction of sp³-hybridized carbons (Fsp3) is 0.133. The van der Waals surface area contributed by atoms with Crippen LogP contribution in [0, 0.1) is 23.2 Å². The highest BCUT2D eigenvalue weighted by Crippen LogP contribution is 2.18.